The number of anilines is 1. The standard InChI is InChI=1S/C22H21F3N4O3/c23-22(24,25)17-6-2-3-7-18(17)27-20(30)14-28-9-11-29(12-10-28)21(31)15-32-19-8-4-1-5-16(19)13-26/h1-8H,9-12,14-15H2,(H,27,30). The van der Waals surface area contributed by atoms with Crippen molar-refractivity contribution in [2.45, 2.75) is 6.18 Å². The molecule has 10 heteroatoms. The quantitative estimate of drug-likeness (QED) is 0.738. The molecular formula is C22H21F3N4O3. The zero-order valence-electron chi connectivity index (χ0n) is 17.1. The van der Waals surface area contributed by atoms with Gasteiger partial charge in [-0.2, -0.15) is 18.4 Å². The molecule has 1 N–H and O–H groups in total. The van der Waals surface area contributed by atoms with Crippen LogP contribution in [0.5, 0.6) is 5.75 Å². The Hall–Kier alpha value is -3.58. The third kappa shape index (κ3) is 5.98. The lowest BCUT2D eigenvalue weighted by Gasteiger charge is -2.34. The van der Waals surface area contributed by atoms with Crippen molar-refractivity contribution in [3.63, 3.8) is 0 Å². The summed E-state index contributed by atoms with van der Waals surface area (Å²) >= 11 is 0. The summed E-state index contributed by atoms with van der Waals surface area (Å²) in [7, 11) is 0. The monoisotopic (exact) mass is 446 g/mol. The molecule has 3 rings (SSSR count). The lowest BCUT2D eigenvalue weighted by molar-refractivity contribution is -0.137. The molecule has 0 bridgehead atoms. The van der Waals surface area contributed by atoms with E-state index in [1.165, 1.54) is 18.2 Å². The van der Waals surface area contributed by atoms with Gasteiger partial charge in [-0.05, 0) is 24.3 Å². The summed E-state index contributed by atoms with van der Waals surface area (Å²) in [6, 6.07) is 13.4. The number of carbonyl (C=O) groups is 2. The Bertz CT molecular complexity index is 1010. The zero-order valence-corrected chi connectivity index (χ0v) is 17.1. The fourth-order valence-electron chi connectivity index (χ4n) is 3.30. The van der Waals surface area contributed by atoms with Crippen LogP contribution in [0.4, 0.5) is 18.9 Å². The molecule has 1 fully saturated rings. The Kier molecular flexibility index (Phi) is 7.33. The zero-order chi connectivity index (χ0) is 23.1. The minimum absolute atomic E-state index is 0.0831. The van der Waals surface area contributed by atoms with Gasteiger partial charge >= 0.3 is 6.18 Å². The SMILES string of the molecule is N#Cc1ccccc1OCC(=O)N1CCN(CC(=O)Nc2ccccc2C(F)(F)F)CC1. The highest BCUT2D eigenvalue weighted by molar-refractivity contribution is 5.93. The molecule has 0 saturated carbocycles. The van der Waals surface area contributed by atoms with Crippen molar-refractivity contribution in [1.82, 2.24) is 9.80 Å². The minimum atomic E-state index is -4.56. The van der Waals surface area contributed by atoms with E-state index < -0.39 is 17.6 Å². The maximum Gasteiger partial charge on any atom is 0.418 e. The molecule has 1 aliphatic rings. The van der Waals surface area contributed by atoms with E-state index in [0.717, 1.165) is 6.07 Å². The molecular weight excluding hydrogens is 425 g/mol. The summed E-state index contributed by atoms with van der Waals surface area (Å²) in [6.45, 7) is 1.21. The van der Waals surface area contributed by atoms with Crippen LogP contribution in [-0.2, 0) is 15.8 Å². The van der Waals surface area contributed by atoms with Gasteiger partial charge in [-0.1, -0.05) is 24.3 Å². The number of hydrogen-bond donors (Lipinski definition) is 1. The molecule has 7 nitrogen and oxygen atoms in total. The van der Waals surface area contributed by atoms with Crippen molar-refractivity contribution in [2.24, 2.45) is 0 Å². The number of piperazine rings is 1. The van der Waals surface area contributed by atoms with Crippen molar-refractivity contribution in [3.05, 3.63) is 59.7 Å². The van der Waals surface area contributed by atoms with Crippen molar-refractivity contribution in [2.75, 3.05) is 44.6 Å². The molecule has 0 aromatic heterocycles. The molecule has 32 heavy (non-hydrogen) atoms. The molecule has 2 aromatic carbocycles. The van der Waals surface area contributed by atoms with Gasteiger partial charge in [0.15, 0.2) is 6.61 Å². The molecule has 0 unspecified atom stereocenters. The van der Waals surface area contributed by atoms with E-state index in [9.17, 15) is 22.8 Å². The highest BCUT2D eigenvalue weighted by atomic mass is 19.4. The number of alkyl halides is 3. The second-order valence-corrected chi connectivity index (χ2v) is 7.15. The van der Waals surface area contributed by atoms with Crippen LogP contribution in [0.25, 0.3) is 0 Å². The van der Waals surface area contributed by atoms with Gasteiger partial charge in [-0.15, -0.1) is 0 Å². The summed E-state index contributed by atoms with van der Waals surface area (Å²) in [6.07, 6.45) is -4.56. The van der Waals surface area contributed by atoms with Crippen molar-refractivity contribution in [1.29, 1.82) is 5.26 Å². The maximum absolute atomic E-state index is 13.1. The first-order chi connectivity index (χ1) is 15.3. The summed E-state index contributed by atoms with van der Waals surface area (Å²) in [5.74, 6) is -0.475. The second-order valence-electron chi connectivity index (χ2n) is 7.15. The predicted molar refractivity (Wildman–Crippen MR) is 110 cm³/mol. The second kappa shape index (κ2) is 10.2. The van der Waals surface area contributed by atoms with Gasteiger partial charge in [0.2, 0.25) is 5.91 Å². The molecule has 1 saturated heterocycles. The number of amides is 2. The Balaban J connectivity index is 1.46. The number of nitrogens with zero attached hydrogens (tertiary/aromatic N) is 3. The van der Waals surface area contributed by atoms with Gasteiger partial charge in [0, 0.05) is 26.2 Å². The number of para-hydroxylation sites is 2. The molecule has 1 aliphatic heterocycles. The van der Waals surface area contributed by atoms with Crippen molar-refractivity contribution in [3.8, 4) is 11.8 Å². The van der Waals surface area contributed by atoms with Gasteiger partial charge in [-0.3, -0.25) is 14.5 Å². The number of rotatable bonds is 6. The van der Waals surface area contributed by atoms with Crippen molar-refractivity contribution >= 4 is 17.5 Å². The molecule has 0 spiro atoms. The number of carbonyl (C=O) groups excluding carboxylic acids is 2. The highest BCUT2D eigenvalue weighted by Crippen LogP contribution is 2.34. The highest BCUT2D eigenvalue weighted by Gasteiger charge is 2.33. The van der Waals surface area contributed by atoms with Crippen LogP contribution in [0.15, 0.2) is 48.5 Å². The minimum Gasteiger partial charge on any atom is -0.482 e. The van der Waals surface area contributed by atoms with Crippen molar-refractivity contribution < 1.29 is 27.5 Å². The molecule has 0 aliphatic carbocycles. The first-order valence-corrected chi connectivity index (χ1v) is 9.86. The van der Waals surface area contributed by atoms with Gasteiger partial charge in [-0.25, -0.2) is 0 Å². The van der Waals surface area contributed by atoms with E-state index >= 15 is 0 Å². The average molecular weight is 446 g/mol. The molecule has 2 aromatic rings. The number of nitriles is 1. The molecule has 0 radical (unpaired) electrons. The van der Waals surface area contributed by atoms with Gasteiger partial charge in [0.1, 0.15) is 11.8 Å². The average Bonchev–Trinajstić information content (AvgIpc) is 2.77. The summed E-state index contributed by atoms with van der Waals surface area (Å²) in [5.41, 5.74) is -0.849. The third-order valence-electron chi connectivity index (χ3n) is 4.96. The van der Waals surface area contributed by atoms with Gasteiger partial charge in [0.05, 0.1) is 23.4 Å². The van der Waals surface area contributed by atoms with E-state index in [-0.39, 0.29) is 24.7 Å². The fraction of sp³-hybridized carbons (Fsp3) is 0.318. The van der Waals surface area contributed by atoms with E-state index in [0.29, 0.717) is 37.5 Å². The van der Waals surface area contributed by atoms with Crippen LogP contribution in [0, 0.1) is 11.3 Å². The summed E-state index contributed by atoms with van der Waals surface area (Å²) in [5, 5.41) is 11.4. The van der Waals surface area contributed by atoms with Crippen LogP contribution in [0.3, 0.4) is 0 Å². The van der Waals surface area contributed by atoms with E-state index in [1.807, 2.05) is 6.07 Å². The summed E-state index contributed by atoms with van der Waals surface area (Å²) < 4.78 is 44.6. The van der Waals surface area contributed by atoms with Gasteiger partial charge < -0.3 is 15.0 Å². The van der Waals surface area contributed by atoms with Crippen LogP contribution in [-0.4, -0.2) is 60.9 Å². The topological polar surface area (TPSA) is 85.7 Å². The van der Waals surface area contributed by atoms with Crippen LogP contribution < -0.4 is 10.1 Å². The maximum atomic E-state index is 13.1. The number of halogens is 3. The largest absolute Gasteiger partial charge is 0.482 e. The molecule has 0 atom stereocenters. The Morgan fingerprint density at radius 3 is 2.38 bits per heavy atom. The van der Waals surface area contributed by atoms with Crippen LogP contribution in [0.2, 0.25) is 0 Å². The Morgan fingerprint density at radius 2 is 1.69 bits per heavy atom. The Labute approximate surface area is 183 Å². The first-order valence-electron chi connectivity index (χ1n) is 9.86. The van der Waals surface area contributed by atoms with Crippen LogP contribution >= 0.6 is 0 Å². The van der Waals surface area contributed by atoms with E-state index in [4.69, 9.17) is 10.00 Å². The number of nitrogens with one attached hydrogen (secondary N) is 1. The lowest BCUT2D eigenvalue weighted by atomic mass is 10.1. The first kappa shape index (κ1) is 23.1. The fourth-order valence-corrected chi connectivity index (χ4v) is 3.30. The smallest absolute Gasteiger partial charge is 0.418 e. The van der Waals surface area contributed by atoms with Crippen LogP contribution in [0.1, 0.15) is 11.1 Å². The number of ether oxygens (including phenoxy) is 1. The van der Waals surface area contributed by atoms with E-state index in [1.54, 1.807) is 34.1 Å². The molecule has 1 heterocycles. The number of hydrogen-bond acceptors (Lipinski definition) is 5. The molecule has 168 valence electrons. The number of benzene rings is 2. The summed E-state index contributed by atoms with van der Waals surface area (Å²) in [4.78, 5) is 28.0. The van der Waals surface area contributed by atoms with Gasteiger partial charge in [0.25, 0.3) is 5.91 Å². The third-order valence-corrected chi connectivity index (χ3v) is 4.96. The lowest BCUT2D eigenvalue weighted by Crippen LogP contribution is -2.51. The molecule has 2 amide bonds. The van der Waals surface area contributed by atoms with E-state index in [2.05, 4.69) is 5.32 Å². The Morgan fingerprint density at radius 1 is 1.03 bits per heavy atom. The normalized spacial score (nSPS) is 14.5. The predicted octanol–water partition coefficient (Wildman–Crippen LogP) is 2.74.